The topological polar surface area (TPSA) is 39.4 Å². The van der Waals surface area contributed by atoms with Gasteiger partial charge in [-0.05, 0) is 38.1 Å². The largest absolute Gasteiger partial charge is 0.493 e. The van der Waals surface area contributed by atoms with Crippen LogP contribution in [0.3, 0.4) is 0 Å². The Morgan fingerprint density at radius 2 is 2.12 bits per heavy atom. The van der Waals surface area contributed by atoms with E-state index in [4.69, 9.17) is 9.15 Å². The van der Waals surface area contributed by atoms with E-state index in [2.05, 4.69) is 0 Å². The molecular formula is C14H14O3. The van der Waals surface area contributed by atoms with Crippen molar-refractivity contribution in [1.82, 2.24) is 0 Å². The standard InChI is InChI=1S/C14H14O3/c1-3-16-14-8-11(5-6-12(14)9-15)13-7-4-10(2)17-13/h4-9H,3H2,1-2H3. The van der Waals surface area contributed by atoms with Gasteiger partial charge < -0.3 is 9.15 Å². The smallest absolute Gasteiger partial charge is 0.153 e. The zero-order valence-corrected chi connectivity index (χ0v) is 9.90. The molecule has 0 aliphatic rings. The van der Waals surface area contributed by atoms with E-state index in [9.17, 15) is 4.79 Å². The second-order valence-corrected chi connectivity index (χ2v) is 3.71. The van der Waals surface area contributed by atoms with Crippen molar-refractivity contribution in [3.63, 3.8) is 0 Å². The van der Waals surface area contributed by atoms with E-state index in [0.717, 1.165) is 23.4 Å². The number of ether oxygens (including phenoxy) is 1. The summed E-state index contributed by atoms with van der Waals surface area (Å²) in [5, 5.41) is 0. The minimum absolute atomic E-state index is 0.529. The Kier molecular flexibility index (Phi) is 3.28. The molecule has 0 bridgehead atoms. The van der Waals surface area contributed by atoms with Gasteiger partial charge in [0.1, 0.15) is 17.3 Å². The van der Waals surface area contributed by atoms with E-state index in [-0.39, 0.29) is 0 Å². The Labute approximate surface area is 100 Å². The van der Waals surface area contributed by atoms with E-state index in [1.807, 2.05) is 38.1 Å². The van der Waals surface area contributed by atoms with E-state index >= 15 is 0 Å². The molecule has 0 atom stereocenters. The summed E-state index contributed by atoms with van der Waals surface area (Å²) in [5.74, 6) is 2.23. The van der Waals surface area contributed by atoms with Crippen molar-refractivity contribution in [1.29, 1.82) is 0 Å². The van der Waals surface area contributed by atoms with Gasteiger partial charge in [-0.1, -0.05) is 6.07 Å². The molecule has 0 saturated carbocycles. The fourth-order valence-corrected chi connectivity index (χ4v) is 1.66. The maximum absolute atomic E-state index is 10.9. The summed E-state index contributed by atoms with van der Waals surface area (Å²) in [6.45, 7) is 4.31. The van der Waals surface area contributed by atoms with Gasteiger partial charge in [0.05, 0.1) is 12.2 Å². The predicted molar refractivity (Wildman–Crippen MR) is 65.4 cm³/mol. The molecule has 1 aromatic carbocycles. The van der Waals surface area contributed by atoms with Crippen LogP contribution in [0.1, 0.15) is 23.0 Å². The van der Waals surface area contributed by atoms with Gasteiger partial charge in [0.15, 0.2) is 6.29 Å². The van der Waals surface area contributed by atoms with Gasteiger partial charge in [-0.15, -0.1) is 0 Å². The highest BCUT2D eigenvalue weighted by molar-refractivity contribution is 5.81. The zero-order valence-electron chi connectivity index (χ0n) is 9.90. The van der Waals surface area contributed by atoms with Gasteiger partial charge >= 0.3 is 0 Å². The summed E-state index contributed by atoms with van der Waals surface area (Å²) in [5.41, 5.74) is 1.46. The summed E-state index contributed by atoms with van der Waals surface area (Å²) in [4.78, 5) is 10.9. The van der Waals surface area contributed by atoms with Gasteiger partial charge in [-0.2, -0.15) is 0 Å². The average molecular weight is 230 g/mol. The summed E-state index contributed by atoms with van der Waals surface area (Å²) in [7, 11) is 0. The van der Waals surface area contributed by atoms with Gasteiger partial charge in [0.2, 0.25) is 0 Å². The van der Waals surface area contributed by atoms with Gasteiger partial charge in [-0.25, -0.2) is 0 Å². The van der Waals surface area contributed by atoms with Crippen LogP contribution in [-0.4, -0.2) is 12.9 Å². The second-order valence-electron chi connectivity index (χ2n) is 3.71. The molecule has 0 amide bonds. The minimum Gasteiger partial charge on any atom is -0.493 e. The lowest BCUT2D eigenvalue weighted by molar-refractivity contribution is 0.112. The third-order valence-electron chi connectivity index (χ3n) is 2.47. The highest BCUT2D eigenvalue weighted by atomic mass is 16.5. The van der Waals surface area contributed by atoms with Crippen molar-refractivity contribution >= 4 is 6.29 Å². The van der Waals surface area contributed by atoms with Gasteiger partial charge in [0, 0.05) is 5.56 Å². The van der Waals surface area contributed by atoms with Crippen molar-refractivity contribution < 1.29 is 13.9 Å². The molecule has 0 N–H and O–H groups in total. The fourth-order valence-electron chi connectivity index (χ4n) is 1.66. The summed E-state index contributed by atoms with van der Waals surface area (Å²) in [6, 6.07) is 9.23. The average Bonchev–Trinajstić information content (AvgIpc) is 2.76. The first kappa shape index (κ1) is 11.5. The first-order valence-electron chi connectivity index (χ1n) is 5.53. The van der Waals surface area contributed by atoms with E-state index < -0.39 is 0 Å². The monoisotopic (exact) mass is 230 g/mol. The second kappa shape index (κ2) is 4.87. The Bertz CT molecular complexity index is 526. The van der Waals surface area contributed by atoms with Crippen molar-refractivity contribution in [3.8, 4) is 17.1 Å². The van der Waals surface area contributed by atoms with Crippen LogP contribution >= 0.6 is 0 Å². The molecule has 3 nitrogen and oxygen atoms in total. The predicted octanol–water partition coefficient (Wildman–Crippen LogP) is 3.47. The number of aryl methyl sites for hydroxylation is 1. The molecule has 0 aliphatic heterocycles. The van der Waals surface area contributed by atoms with Crippen LogP contribution in [0.4, 0.5) is 0 Å². The normalized spacial score (nSPS) is 10.2. The van der Waals surface area contributed by atoms with Crippen LogP contribution < -0.4 is 4.74 Å². The van der Waals surface area contributed by atoms with E-state index in [1.165, 1.54) is 0 Å². The first-order chi connectivity index (χ1) is 8.24. The van der Waals surface area contributed by atoms with Gasteiger partial charge in [0.25, 0.3) is 0 Å². The highest BCUT2D eigenvalue weighted by Gasteiger charge is 2.08. The van der Waals surface area contributed by atoms with Crippen molar-refractivity contribution in [2.45, 2.75) is 13.8 Å². The number of furan rings is 1. The molecule has 0 radical (unpaired) electrons. The van der Waals surface area contributed by atoms with Crippen molar-refractivity contribution in [3.05, 3.63) is 41.7 Å². The van der Waals surface area contributed by atoms with Crippen LogP contribution in [0.2, 0.25) is 0 Å². The number of aldehydes is 1. The van der Waals surface area contributed by atoms with Crippen molar-refractivity contribution in [2.75, 3.05) is 6.61 Å². The molecule has 3 heteroatoms. The number of hydrogen-bond acceptors (Lipinski definition) is 3. The lowest BCUT2D eigenvalue weighted by Crippen LogP contribution is -1.96. The van der Waals surface area contributed by atoms with Crippen LogP contribution in [0.15, 0.2) is 34.7 Å². The summed E-state index contributed by atoms with van der Waals surface area (Å²) < 4.78 is 11.0. The molecule has 1 heterocycles. The third kappa shape index (κ3) is 2.38. The first-order valence-corrected chi connectivity index (χ1v) is 5.53. The molecule has 0 saturated heterocycles. The SMILES string of the molecule is CCOc1cc(-c2ccc(C)o2)ccc1C=O. The Balaban J connectivity index is 2.42. The Morgan fingerprint density at radius 3 is 2.71 bits per heavy atom. The lowest BCUT2D eigenvalue weighted by atomic mass is 10.1. The molecule has 2 rings (SSSR count). The quantitative estimate of drug-likeness (QED) is 0.755. The number of carbonyl (C=O) groups is 1. The fraction of sp³-hybridized carbons (Fsp3) is 0.214. The maximum Gasteiger partial charge on any atom is 0.153 e. The van der Waals surface area contributed by atoms with Crippen LogP contribution in [-0.2, 0) is 0 Å². The minimum atomic E-state index is 0.529. The van der Waals surface area contributed by atoms with E-state index in [0.29, 0.717) is 17.9 Å². The molecule has 17 heavy (non-hydrogen) atoms. The molecule has 0 spiro atoms. The van der Waals surface area contributed by atoms with Gasteiger partial charge in [-0.3, -0.25) is 4.79 Å². The summed E-state index contributed by atoms with van der Waals surface area (Å²) >= 11 is 0. The van der Waals surface area contributed by atoms with Crippen molar-refractivity contribution in [2.24, 2.45) is 0 Å². The number of carbonyl (C=O) groups excluding carboxylic acids is 1. The maximum atomic E-state index is 10.9. The molecular weight excluding hydrogens is 216 g/mol. The Morgan fingerprint density at radius 1 is 1.29 bits per heavy atom. The number of rotatable bonds is 4. The molecule has 2 aromatic rings. The molecule has 1 aromatic heterocycles. The van der Waals surface area contributed by atoms with E-state index in [1.54, 1.807) is 6.07 Å². The summed E-state index contributed by atoms with van der Waals surface area (Å²) in [6.07, 6.45) is 0.794. The van der Waals surface area contributed by atoms with Crippen LogP contribution in [0.5, 0.6) is 5.75 Å². The van der Waals surface area contributed by atoms with Crippen LogP contribution in [0.25, 0.3) is 11.3 Å². The molecule has 88 valence electrons. The molecule has 0 aliphatic carbocycles. The zero-order chi connectivity index (χ0) is 12.3. The Hall–Kier alpha value is -2.03. The third-order valence-corrected chi connectivity index (χ3v) is 2.47. The lowest BCUT2D eigenvalue weighted by Gasteiger charge is -2.07. The van der Waals surface area contributed by atoms with Crippen LogP contribution in [0, 0.1) is 6.92 Å². The molecule has 0 unspecified atom stereocenters. The molecule has 0 fully saturated rings. The number of benzene rings is 1. The highest BCUT2D eigenvalue weighted by Crippen LogP contribution is 2.27. The number of hydrogen-bond donors (Lipinski definition) is 0.